The number of nitrogens with zero attached hydrogens (tertiary/aromatic N) is 1. The van der Waals surface area contributed by atoms with Crippen molar-refractivity contribution in [2.45, 2.75) is 18.2 Å². The summed E-state index contributed by atoms with van der Waals surface area (Å²) >= 11 is 0. The third kappa shape index (κ3) is 5.11. The molecule has 0 aliphatic heterocycles. The summed E-state index contributed by atoms with van der Waals surface area (Å²) in [5.74, 6) is -0.833. The van der Waals surface area contributed by atoms with Crippen molar-refractivity contribution in [2.75, 3.05) is 19.7 Å². The summed E-state index contributed by atoms with van der Waals surface area (Å²) in [4.78, 5) is 16.4. The first kappa shape index (κ1) is 21.7. The van der Waals surface area contributed by atoms with Gasteiger partial charge in [0.05, 0.1) is 17.1 Å². The molecule has 0 saturated heterocycles. The Labute approximate surface area is 174 Å². The highest BCUT2D eigenvalue weighted by atomic mass is 32.2. The van der Waals surface area contributed by atoms with Gasteiger partial charge in [0, 0.05) is 24.7 Å². The molecule has 158 valence electrons. The highest BCUT2D eigenvalue weighted by molar-refractivity contribution is 7.89. The van der Waals surface area contributed by atoms with Crippen LogP contribution in [0.3, 0.4) is 0 Å². The molecular weight excluding hydrogens is 409 g/mol. The van der Waals surface area contributed by atoms with E-state index in [9.17, 15) is 17.6 Å². The number of benzene rings is 2. The Balaban J connectivity index is 1.56. The molecule has 0 saturated carbocycles. The maximum Gasteiger partial charge on any atom is 0.254 e. The molecule has 1 heterocycles. The fraction of sp³-hybridized carbons (Fsp3) is 0.238. The van der Waals surface area contributed by atoms with E-state index in [2.05, 4.69) is 15.0 Å². The van der Waals surface area contributed by atoms with Crippen molar-refractivity contribution in [1.82, 2.24) is 15.0 Å². The summed E-state index contributed by atoms with van der Waals surface area (Å²) in [6.07, 6.45) is 2.17. The summed E-state index contributed by atoms with van der Waals surface area (Å²) in [6, 6.07) is 12.5. The fourth-order valence-electron chi connectivity index (χ4n) is 2.86. The van der Waals surface area contributed by atoms with Crippen molar-refractivity contribution in [3.8, 4) is 5.75 Å². The van der Waals surface area contributed by atoms with Gasteiger partial charge in [-0.1, -0.05) is 25.1 Å². The zero-order valence-electron chi connectivity index (χ0n) is 16.4. The molecule has 0 radical (unpaired) electrons. The molecule has 2 N–H and O–H groups in total. The number of aromatic nitrogens is 1. The van der Waals surface area contributed by atoms with Crippen molar-refractivity contribution >= 4 is 26.8 Å². The van der Waals surface area contributed by atoms with E-state index in [4.69, 9.17) is 4.74 Å². The Morgan fingerprint density at radius 3 is 2.77 bits per heavy atom. The highest BCUT2D eigenvalue weighted by Crippen LogP contribution is 2.23. The zero-order chi connectivity index (χ0) is 21.6. The van der Waals surface area contributed by atoms with Crippen LogP contribution in [-0.2, 0) is 10.0 Å². The maximum atomic E-state index is 14.0. The molecule has 0 aliphatic carbocycles. The molecule has 0 spiro atoms. The van der Waals surface area contributed by atoms with Gasteiger partial charge in [0.2, 0.25) is 10.0 Å². The lowest BCUT2D eigenvalue weighted by Crippen LogP contribution is -2.28. The number of sulfonamides is 1. The zero-order valence-corrected chi connectivity index (χ0v) is 17.2. The molecule has 7 nitrogen and oxygen atoms in total. The number of carbonyl (C=O) groups is 1. The van der Waals surface area contributed by atoms with Crippen molar-refractivity contribution in [1.29, 1.82) is 0 Å². The SMILES string of the molecule is CCNS(=O)(=O)c1ccc(F)c(C(=O)NCCCOc2cccc3cccnc23)c1. The van der Waals surface area contributed by atoms with Gasteiger partial charge in [-0.05, 0) is 36.8 Å². The number of hydrogen-bond donors (Lipinski definition) is 2. The van der Waals surface area contributed by atoms with Gasteiger partial charge in [0.1, 0.15) is 17.1 Å². The second-order valence-electron chi connectivity index (χ2n) is 6.43. The molecule has 0 fully saturated rings. The molecule has 0 bridgehead atoms. The van der Waals surface area contributed by atoms with Crippen molar-refractivity contribution < 1.29 is 22.3 Å². The number of fused-ring (bicyclic) bond motifs is 1. The minimum atomic E-state index is -3.78. The van der Waals surface area contributed by atoms with E-state index in [1.54, 1.807) is 13.1 Å². The van der Waals surface area contributed by atoms with E-state index in [-0.39, 0.29) is 23.5 Å². The van der Waals surface area contributed by atoms with Gasteiger partial charge >= 0.3 is 0 Å². The predicted molar refractivity (Wildman–Crippen MR) is 111 cm³/mol. The van der Waals surface area contributed by atoms with Crippen LogP contribution in [0.2, 0.25) is 0 Å². The molecule has 9 heteroatoms. The maximum absolute atomic E-state index is 14.0. The Bertz CT molecular complexity index is 1150. The van der Waals surface area contributed by atoms with E-state index in [1.807, 2.05) is 30.3 Å². The molecule has 2 aromatic carbocycles. The molecule has 1 amide bonds. The van der Waals surface area contributed by atoms with Crippen LogP contribution in [0.25, 0.3) is 10.9 Å². The first-order valence-corrected chi connectivity index (χ1v) is 10.9. The third-order valence-electron chi connectivity index (χ3n) is 4.29. The average molecular weight is 431 g/mol. The van der Waals surface area contributed by atoms with Gasteiger partial charge in [-0.2, -0.15) is 0 Å². The molecule has 0 aliphatic rings. The van der Waals surface area contributed by atoms with E-state index >= 15 is 0 Å². The number of ether oxygens (including phenoxy) is 1. The van der Waals surface area contributed by atoms with Gasteiger partial charge in [-0.3, -0.25) is 9.78 Å². The molecule has 3 rings (SSSR count). The standard InChI is InChI=1S/C21H22FN3O4S/c1-2-25-30(27,28)16-9-10-18(22)17(14-16)21(26)24-12-5-13-29-19-8-3-6-15-7-4-11-23-20(15)19/h3-4,6-11,14,25H,2,5,12-13H2,1H3,(H,24,26). The van der Waals surface area contributed by atoms with Gasteiger partial charge < -0.3 is 10.1 Å². The minimum absolute atomic E-state index is 0.164. The molecule has 0 unspecified atom stereocenters. The quantitative estimate of drug-likeness (QED) is 0.508. The van der Waals surface area contributed by atoms with Crippen LogP contribution in [0.1, 0.15) is 23.7 Å². The average Bonchev–Trinajstić information content (AvgIpc) is 2.73. The van der Waals surface area contributed by atoms with Crippen LogP contribution in [0.4, 0.5) is 4.39 Å². The Morgan fingerprint density at radius 2 is 1.97 bits per heavy atom. The number of hydrogen-bond acceptors (Lipinski definition) is 5. The minimum Gasteiger partial charge on any atom is -0.491 e. The monoisotopic (exact) mass is 431 g/mol. The smallest absolute Gasteiger partial charge is 0.254 e. The number of halogens is 1. The predicted octanol–water partition coefficient (Wildman–Crippen LogP) is 2.87. The second-order valence-corrected chi connectivity index (χ2v) is 8.20. The van der Waals surface area contributed by atoms with Crippen LogP contribution in [0, 0.1) is 5.82 Å². The van der Waals surface area contributed by atoms with Crippen LogP contribution < -0.4 is 14.8 Å². The number of pyridine rings is 1. The molecular formula is C21H22FN3O4S. The van der Waals surface area contributed by atoms with Gasteiger partial charge in [0.15, 0.2) is 0 Å². The summed E-state index contributed by atoms with van der Waals surface area (Å²) in [5, 5.41) is 3.55. The lowest BCUT2D eigenvalue weighted by molar-refractivity contribution is 0.0947. The van der Waals surface area contributed by atoms with Crippen LogP contribution in [-0.4, -0.2) is 39.0 Å². The normalized spacial score (nSPS) is 11.4. The second kappa shape index (κ2) is 9.64. The number of amides is 1. The van der Waals surface area contributed by atoms with E-state index in [0.717, 1.165) is 29.1 Å². The van der Waals surface area contributed by atoms with Crippen molar-refractivity contribution in [3.63, 3.8) is 0 Å². The summed E-state index contributed by atoms with van der Waals surface area (Å²) in [6.45, 7) is 2.38. The molecule has 0 atom stereocenters. The van der Waals surface area contributed by atoms with Crippen LogP contribution >= 0.6 is 0 Å². The molecule has 1 aromatic heterocycles. The molecule has 3 aromatic rings. The van der Waals surface area contributed by atoms with E-state index in [0.29, 0.717) is 18.8 Å². The Morgan fingerprint density at radius 1 is 1.17 bits per heavy atom. The van der Waals surface area contributed by atoms with Crippen molar-refractivity contribution in [2.24, 2.45) is 0 Å². The Kier molecular flexibility index (Phi) is 6.96. The van der Waals surface area contributed by atoms with Gasteiger partial charge in [-0.25, -0.2) is 17.5 Å². The summed E-state index contributed by atoms with van der Waals surface area (Å²) in [7, 11) is -3.78. The third-order valence-corrected chi connectivity index (χ3v) is 5.83. The first-order valence-electron chi connectivity index (χ1n) is 9.46. The van der Waals surface area contributed by atoms with E-state index in [1.165, 1.54) is 0 Å². The van der Waals surface area contributed by atoms with E-state index < -0.39 is 21.7 Å². The lowest BCUT2D eigenvalue weighted by Gasteiger charge is -2.10. The van der Waals surface area contributed by atoms with Crippen molar-refractivity contribution in [3.05, 3.63) is 66.1 Å². The first-order chi connectivity index (χ1) is 14.4. The number of rotatable bonds is 9. The number of carbonyl (C=O) groups excluding carboxylic acids is 1. The lowest BCUT2D eigenvalue weighted by atomic mass is 10.2. The van der Waals surface area contributed by atoms with Crippen LogP contribution in [0.5, 0.6) is 5.75 Å². The van der Waals surface area contributed by atoms with Gasteiger partial charge in [-0.15, -0.1) is 0 Å². The Hall–Kier alpha value is -3.04. The number of nitrogens with one attached hydrogen (secondary N) is 2. The van der Waals surface area contributed by atoms with Gasteiger partial charge in [0.25, 0.3) is 5.91 Å². The largest absolute Gasteiger partial charge is 0.491 e. The summed E-state index contributed by atoms with van der Waals surface area (Å²) < 4.78 is 46.2. The molecule has 30 heavy (non-hydrogen) atoms. The summed E-state index contributed by atoms with van der Waals surface area (Å²) in [5.41, 5.74) is 0.429. The number of para-hydroxylation sites is 1. The van der Waals surface area contributed by atoms with Crippen LogP contribution in [0.15, 0.2) is 59.6 Å². The topological polar surface area (TPSA) is 97.4 Å². The fourth-order valence-corrected chi connectivity index (χ4v) is 3.93. The highest BCUT2D eigenvalue weighted by Gasteiger charge is 2.18.